The second kappa shape index (κ2) is 6.54. The standard InChI is InChI=1S/C20H19F2N3O5/c1-20(2,3)8-7-25-9-5-4-6-10(30-19(21)22)13(9)23-16(25)14-11(8)15(26)12(18(28)29)17(27)24-14/h4-6,8,19H,7H2,1-3H3,(H,28,29)(H2,24,26,27). The van der Waals surface area contributed by atoms with E-state index in [9.17, 15) is 28.6 Å². The highest BCUT2D eigenvalue weighted by Crippen LogP contribution is 2.49. The summed E-state index contributed by atoms with van der Waals surface area (Å²) in [7, 11) is 0. The van der Waals surface area contributed by atoms with Crippen LogP contribution in [0.4, 0.5) is 8.78 Å². The minimum Gasteiger partial charge on any atom is -0.506 e. The van der Waals surface area contributed by atoms with Crippen LogP contribution in [-0.2, 0) is 6.54 Å². The molecule has 0 saturated carbocycles. The number of carboxylic acids is 1. The number of ether oxygens (including phenoxy) is 1. The van der Waals surface area contributed by atoms with E-state index in [0.717, 1.165) is 0 Å². The van der Waals surface area contributed by atoms with Gasteiger partial charge in [-0.05, 0) is 17.5 Å². The van der Waals surface area contributed by atoms with Gasteiger partial charge in [-0.1, -0.05) is 26.8 Å². The lowest BCUT2D eigenvalue weighted by molar-refractivity contribution is -0.0489. The van der Waals surface area contributed by atoms with Gasteiger partial charge in [0.1, 0.15) is 11.3 Å². The van der Waals surface area contributed by atoms with Gasteiger partial charge in [-0.15, -0.1) is 0 Å². The van der Waals surface area contributed by atoms with Crippen LogP contribution < -0.4 is 10.3 Å². The van der Waals surface area contributed by atoms with Crippen LogP contribution in [0.5, 0.6) is 11.5 Å². The molecule has 2 aromatic heterocycles. The summed E-state index contributed by atoms with van der Waals surface area (Å²) in [6.07, 6.45) is 0. The Morgan fingerprint density at radius 1 is 1.37 bits per heavy atom. The van der Waals surface area contributed by atoms with E-state index < -0.39 is 40.8 Å². The predicted molar refractivity (Wildman–Crippen MR) is 103 cm³/mol. The molecule has 1 aromatic carbocycles. The maximum Gasteiger partial charge on any atom is 0.387 e. The lowest BCUT2D eigenvalue weighted by atomic mass is 9.73. The molecule has 0 saturated heterocycles. The van der Waals surface area contributed by atoms with Gasteiger partial charge in [-0.3, -0.25) is 4.79 Å². The third-order valence-electron chi connectivity index (χ3n) is 5.38. The van der Waals surface area contributed by atoms with E-state index >= 15 is 0 Å². The molecule has 8 nitrogen and oxygen atoms in total. The predicted octanol–water partition coefficient (Wildman–Crippen LogP) is 3.54. The number of nitrogens with one attached hydrogen (secondary N) is 1. The van der Waals surface area contributed by atoms with E-state index in [-0.39, 0.29) is 28.3 Å². The molecule has 1 unspecified atom stereocenters. The number of aromatic amines is 1. The third-order valence-corrected chi connectivity index (χ3v) is 5.38. The van der Waals surface area contributed by atoms with Crippen molar-refractivity contribution in [3.05, 3.63) is 39.7 Å². The summed E-state index contributed by atoms with van der Waals surface area (Å²) in [5.41, 5.74) is -1.04. The number of halogens is 2. The Morgan fingerprint density at radius 2 is 2.07 bits per heavy atom. The van der Waals surface area contributed by atoms with Crippen LogP contribution in [0.25, 0.3) is 22.6 Å². The Hall–Kier alpha value is -3.43. The van der Waals surface area contributed by atoms with Crippen LogP contribution >= 0.6 is 0 Å². The molecule has 0 fully saturated rings. The number of rotatable bonds is 3. The highest BCUT2D eigenvalue weighted by molar-refractivity contribution is 5.93. The smallest absolute Gasteiger partial charge is 0.387 e. The molecule has 1 atom stereocenters. The molecule has 1 aliphatic heterocycles. The molecule has 30 heavy (non-hydrogen) atoms. The fourth-order valence-corrected chi connectivity index (χ4v) is 3.99. The molecule has 4 rings (SSSR count). The first-order chi connectivity index (χ1) is 14.0. The zero-order chi connectivity index (χ0) is 22.0. The van der Waals surface area contributed by atoms with Gasteiger partial charge in [0.2, 0.25) is 0 Å². The molecular weight excluding hydrogens is 400 g/mol. The lowest BCUT2D eigenvalue weighted by Crippen LogP contribution is -2.31. The SMILES string of the molecule is CC(C)(C)C1Cn2c(nc3c(OC(F)F)cccc32)-c2[nH]c(=O)c(C(=O)O)c(O)c21. The highest BCUT2D eigenvalue weighted by atomic mass is 19.3. The number of aromatic carboxylic acids is 1. The van der Waals surface area contributed by atoms with E-state index in [2.05, 4.69) is 14.7 Å². The minimum atomic E-state index is -3.04. The average Bonchev–Trinajstić information content (AvgIpc) is 2.99. The Kier molecular flexibility index (Phi) is 4.33. The van der Waals surface area contributed by atoms with Crippen molar-refractivity contribution >= 4 is 17.0 Å². The topological polar surface area (TPSA) is 117 Å². The van der Waals surface area contributed by atoms with Crippen LogP contribution in [0.15, 0.2) is 23.0 Å². The number of aromatic nitrogens is 3. The largest absolute Gasteiger partial charge is 0.506 e. The van der Waals surface area contributed by atoms with Crippen molar-refractivity contribution in [2.45, 2.75) is 39.8 Å². The van der Waals surface area contributed by atoms with Crippen molar-refractivity contribution in [1.82, 2.24) is 14.5 Å². The molecule has 10 heteroatoms. The van der Waals surface area contributed by atoms with Crippen LogP contribution in [0.2, 0.25) is 0 Å². The van der Waals surface area contributed by atoms with Gasteiger partial charge >= 0.3 is 12.6 Å². The number of nitrogens with zero attached hydrogens (tertiary/aromatic N) is 2. The van der Waals surface area contributed by atoms with Gasteiger partial charge in [0.05, 0.1) is 11.2 Å². The Bertz CT molecular complexity index is 1240. The summed E-state index contributed by atoms with van der Waals surface area (Å²) in [5.74, 6) is -2.44. The number of carboxylic acid groups (broad SMARTS) is 1. The number of alkyl halides is 2. The van der Waals surface area contributed by atoms with Crippen molar-refractivity contribution in [2.75, 3.05) is 0 Å². The first-order valence-electron chi connectivity index (χ1n) is 9.17. The highest BCUT2D eigenvalue weighted by Gasteiger charge is 2.39. The maximum atomic E-state index is 12.8. The molecule has 0 amide bonds. The first kappa shape index (κ1) is 19.9. The summed E-state index contributed by atoms with van der Waals surface area (Å²) < 4.78 is 32.0. The number of carbonyl (C=O) groups is 1. The van der Waals surface area contributed by atoms with E-state index in [1.165, 1.54) is 6.07 Å². The molecule has 3 N–H and O–H groups in total. The number of imidazole rings is 1. The molecule has 0 spiro atoms. The van der Waals surface area contributed by atoms with Gasteiger partial charge < -0.3 is 24.5 Å². The number of fused-ring (bicyclic) bond motifs is 5. The Labute approximate surface area is 168 Å². The maximum absolute atomic E-state index is 12.8. The van der Waals surface area contributed by atoms with Crippen LogP contribution in [0.3, 0.4) is 0 Å². The van der Waals surface area contributed by atoms with Crippen molar-refractivity contribution in [3.8, 4) is 23.0 Å². The van der Waals surface area contributed by atoms with Crippen molar-refractivity contribution in [2.24, 2.45) is 5.41 Å². The molecule has 0 radical (unpaired) electrons. The van der Waals surface area contributed by atoms with Gasteiger partial charge in [-0.25, -0.2) is 9.78 Å². The average molecular weight is 419 g/mol. The summed E-state index contributed by atoms with van der Waals surface area (Å²) in [6, 6.07) is 4.62. The van der Waals surface area contributed by atoms with Crippen molar-refractivity contribution in [3.63, 3.8) is 0 Å². The van der Waals surface area contributed by atoms with Gasteiger partial charge in [0, 0.05) is 18.0 Å². The van der Waals surface area contributed by atoms with Crippen LogP contribution in [-0.4, -0.2) is 37.3 Å². The molecule has 158 valence electrons. The number of benzene rings is 1. The number of aromatic hydroxyl groups is 1. The number of H-pyrrole nitrogens is 1. The van der Waals surface area contributed by atoms with Crippen molar-refractivity contribution in [1.29, 1.82) is 0 Å². The van der Waals surface area contributed by atoms with Crippen LogP contribution in [0.1, 0.15) is 42.6 Å². The number of pyridine rings is 1. The summed E-state index contributed by atoms with van der Waals surface area (Å²) in [5, 5.41) is 20.1. The van der Waals surface area contributed by atoms with Gasteiger partial charge in [0.25, 0.3) is 5.56 Å². The van der Waals surface area contributed by atoms with E-state index in [4.69, 9.17) is 0 Å². The second-order valence-electron chi connectivity index (χ2n) is 8.24. The quantitative estimate of drug-likeness (QED) is 0.598. The van der Waals surface area contributed by atoms with E-state index in [0.29, 0.717) is 12.1 Å². The van der Waals surface area contributed by atoms with Gasteiger partial charge in [-0.2, -0.15) is 8.78 Å². The Balaban J connectivity index is 2.08. The lowest BCUT2D eigenvalue weighted by Gasteiger charge is -2.36. The normalized spacial score (nSPS) is 15.9. The first-order valence-corrected chi connectivity index (χ1v) is 9.17. The fraction of sp³-hybridized carbons (Fsp3) is 0.350. The summed E-state index contributed by atoms with van der Waals surface area (Å²) in [6.45, 7) is 3.01. The number of para-hydroxylation sites is 1. The van der Waals surface area contributed by atoms with E-state index in [1.807, 2.05) is 20.8 Å². The molecule has 3 aromatic rings. The molecule has 3 heterocycles. The molecule has 1 aliphatic rings. The third kappa shape index (κ3) is 2.90. The Morgan fingerprint density at radius 3 is 2.67 bits per heavy atom. The zero-order valence-electron chi connectivity index (χ0n) is 16.4. The van der Waals surface area contributed by atoms with Crippen molar-refractivity contribution < 1.29 is 28.5 Å². The summed E-state index contributed by atoms with van der Waals surface area (Å²) >= 11 is 0. The van der Waals surface area contributed by atoms with Crippen LogP contribution in [0, 0.1) is 5.41 Å². The molecule has 0 aliphatic carbocycles. The second-order valence-corrected chi connectivity index (χ2v) is 8.24. The fourth-order valence-electron chi connectivity index (χ4n) is 3.99. The molecular formula is C20H19F2N3O5. The van der Waals surface area contributed by atoms with E-state index in [1.54, 1.807) is 16.7 Å². The zero-order valence-corrected chi connectivity index (χ0v) is 16.4. The minimum absolute atomic E-state index is 0.119. The monoisotopic (exact) mass is 419 g/mol. The number of hydrogen-bond donors (Lipinski definition) is 3. The molecule has 0 bridgehead atoms. The number of hydrogen-bond acceptors (Lipinski definition) is 5. The van der Waals surface area contributed by atoms with Gasteiger partial charge in [0.15, 0.2) is 17.1 Å². The summed E-state index contributed by atoms with van der Waals surface area (Å²) in [4.78, 5) is 30.8.